The molecule has 0 radical (unpaired) electrons. The van der Waals surface area contributed by atoms with E-state index in [1.54, 1.807) is 0 Å². The van der Waals surface area contributed by atoms with Gasteiger partial charge in [0.25, 0.3) is 0 Å². The predicted molar refractivity (Wildman–Crippen MR) is 48.6 cm³/mol. The minimum atomic E-state index is -1.71. The Morgan fingerprint density at radius 1 is 1.20 bits per heavy atom. The second kappa shape index (κ2) is 4.91. The Morgan fingerprint density at radius 3 is 2.20 bits per heavy atom. The smallest absolute Gasteiger partial charge is 0.185 e. The van der Waals surface area contributed by atoms with Crippen LogP contribution < -0.4 is 0 Å². The van der Waals surface area contributed by atoms with E-state index in [9.17, 15) is 4.80 Å². The molecule has 0 aromatic heterocycles. The summed E-state index contributed by atoms with van der Waals surface area (Å²) in [4.78, 5) is 9.69. The van der Waals surface area contributed by atoms with Crippen molar-refractivity contribution in [1.29, 1.82) is 0 Å². The fourth-order valence-electron chi connectivity index (χ4n) is 0.933. The Labute approximate surface area is 65.6 Å². The van der Waals surface area contributed by atoms with Gasteiger partial charge in [-0.05, 0) is 18.6 Å². The average Bonchev–Trinajstić information content (AvgIpc) is 1.89. The molecule has 0 aromatic carbocycles. The standard InChI is InChI=1S/C8H20OSi/c1-4-6-7-8-10(3,9)5-2/h9H,4-8H2,1-3H3. The summed E-state index contributed by atoms with van der Waals surface area (Å²) in [6.45, 7) is 6.35. The Balaban J connectivity index is 3.28. The largest absolute Gasteiger partial charge is 0.432 e. The van der Waals surface area contributed by atoms with Crippen LogP contribution in [0.25, 0.3) is 0 Å². The van der Waals surface area contributed by atoms with Crippen LogP contribution in [-0.2, 0) is 0 Å². The summed E-state index contributed by atoms with van der Waals surface area (Å²) in [7, 11) is -1.71. The Kier molecular flexibility index (Phi) is 5.00. The molecular formula is C8H20OSi. The highest BCUT2D eigenvalue weighted by Crippen LogP contribution is 2.15. The fourth-order valence-corrected chi connectivity index (χ4v) is 2.30. The van der Waals surface area contributed by atoms with Gasteiger partial charge in [-0.15, -0.1) is 0 Å². The first-order valence-corrected chi connectivity index (χ1v) is 7.21. The number of hydrogen-bond donors (Lipinski definition) is 1. The van der Waals surface area contributed by atoms with E-state index in [1.165, 1.54) is 19.3 Å². The van der Waals surface area contributed by atoms with Gasteiger partial charge < -0.3 is 4.80 Å². The molecule has 0 spiro atoms. The first-order chi connectivity index (χ1) is 4.62. The van der Waals surface area contributed by atoms with Gasteiger partial charge >= 0.3 is 0 Å². The molecule has 10 heavy (non-hydrogen) atoms. The molecule has 0 heterocycles. The van der Waals surface area contributed by atoms with Crippen molar-refractivity contribution >= 4 is 8.32 Å². The van der Waals surface area contributed by atoms with Gasteiger partial charge in [0.05, 0.1) is 0 Å². The first-order valence-electron chi connectivity index (χ1n) is 4.34. The molecule has 0 saturated heterocycles. The lowest BCUT2D eigenvalue weighted by atomic mass is 10.3. The monoisotopic (exact) mass is 160 g/mol. The van der Waals surface area contributed by atoms with Gasteiger partial charge in [-0.25, -0.2) is 0 Å². The molecule has 0 aliphatic heterocycles. The predicted octanol–water partition coefficient (Wildman–Crippen LogP) is 2.76. The maximum Gasteiger partial charge on any atom is 0.185 e. The fraction of sp³-hybridized carbons (Fsp3) is 1.00. The quantitative estimate of drug-likeness (QED) is 0.484. The van der Waals surface area contributed by atoms with Gasteiger partial charge in [0.1, 0.15) is 0 Å². The molecule has 0 saturated carbocycles. The van der Waals surface area contributed by atoms with Crippen LogP contribution in [0, 0.1) is 0 Å². The molecule has 0 fully saturated rings. The summed E-state index contributed by atoms with van der Waals surface area (Å²) in [6.07, 6.45) is 3.76. The Hall–Kier alpha value is 0.177. The Morgan fingerprint density at radius 2 is 1.80 bits per heavy atom. The van der Waals surface area contributed by atoms with Crippen LogP contribution in [0.15, 0.2) is 0 Å². The summed E-state index contributed by atoms with van der Waals surface area (Å²) in [5, 5.41) is 0. The number of rotatable bonds is 5. The maximum absolute atomic E-state index is 9.69. The third-order valence-electron chi connectivity index (χ3n) is 2.08. The van der Waals surface area contributed by atoms with Gasteiger partial charge in [0.2, 0.25) is 0 Å². The zero-order valence-electron chi connectivity index (χ0n) is 7.48. The highest BCUT2D eigenvalue weighted by molar-refractivity contribution is 6.71. The molecule has 1 nitrogen and oxygen atoms in total. The summed E-state index contributed by atoms with van der Waals surface area (Å²) in [5.41, 5.74) is 0. The van der Waals surface area contributed by atoms with Crippen molar-refractivity contribution in [3.63, 3.8) is 0 Å². The molecule has 0 aliphatic carbocycles. The summed E-state index contributed by atoms with van der Waals surface area (Å²) in [5.74, 6) is 0. The van der Waals surface area contributed by atoms with Crippen LogP contribution >= 0.6 is 0 Å². The lowest BCUT2D eigenvalue weighted by Crippen LogP contribution is -2.27. The molecule has 0 aromatic rings. The van der Waals surface area contributed by atoms with Gasteiger partial charge in [0, 0.05) is 0 Å². The van der Waals surface area contributed by atoms with Crippen molar-refractivity contribution in [2.24, 2.45) is 0 Å². The van der Waals surface area contributed by atoms with Crippen molar-refractivity contribution in [2.45, 2.75) is 51.7 Å². The Bertz CT molecular complexity index is 81.3. The van der Waals surface area contributed by atoms with Gasteiger partial charge in [-0.1, -0.05) is 33.1 Å². The molecule has 0 rings (SSSR count). The normalized spacial score (nSPS) is 16.8. The molecule has 0 aliphatic rings. The van der Waals surface area contributed by atoms with Crippen molar-refractivity contribution in [3.05, 3.63) is 0 Å². The van der Waals surface area contributed by atoms with Crippen molar-refractivity contribution in [1.82, 2.24) is 0 Å². The van der Waals surface area contributed by atoms with E-state index >= 15 is 0 Å². The van der Waals surface area contributed by atoms with E-state index in [0.717, 1.165) is 12.1 Å². The van der Waals surface area contributed by atoms with E-state index in [0.29, 0.717) is 0 Å². The molecule has 62 valence electrons. The molecular weight excluding hydrogens is 140 g/mol. The van der Waals surface area contributed by atoms with E-state index in [2.05, 4.69) is 20.4 Å². The van der Waals surface area contributed by atoms with Gasteiger partial charge in [0.15, 0.2) is 8.32 Å². The third-order valence-corrected chi connectivity index (χ3v) is 5.03. The van der Waals surface area contributed by atoms with Crippen molar-refractivity contribution < 1.29 is 4.80 Å². The van der Waals surface area contributed by atoms with E-state index in [4.69, 9.17) is 0 Å². The van der Waals surface area contributed by atoms with Crippen LogP contribution in [0.2, 0.25) is 18.6 Å². The summed E-state index contributed by atoms with van der Waals surface area (Å²) in [6, 6.07) is 2.11. The topological polar surface area (TPSA) is 20.2 Å². The average molecular weight is 160 g/mol. The SMILES string of the molecule is CCCCC[Si](C)(O)CC. The van der Waals surface area contributed by atoms with Crippen molar-refractivity contribution in [3.8, 4) is 0 Å². The minimum absolute atomic E-state index is 1.01. The van der Waals surface area contributed by atoms with Crippen LogP contribution in [0.1, 0.15) is 33.1 Å². The second-order valence-electron chi connectivity index (χ2n) is 3.31. The lowest BCUT2D eigenvalue weighted by molar-refractivity contribution is 0.531. The van der Waals surface area contributed by atoms with Crippen LogP contribution in [-0.4, -0.2) is 13.1 Å². The van der Waals surface area contributed by atoms with Crippen LogP contribution in [0.5, 0.6) is 0 Å². The van der Waals surface area contributed by atoms with Crippen LogP contribution in [0.4, 0.5) is 0 Å². The number of hydrogen-bond acceptors (Lipinski definition) is 1. The second-order valence-corrected chi connectivity index (χ2v) is 7.51. The molecule has 1 atom stereocenters. The van der Waals surface area contributed by atoms with Gasteiger partial charge in [-0.2, -0.15) is 0 Å². The molecule has 0 bridgehead atoms. The molecule has 1 N–H and O–H groups in total. The van der Waals surface area contributed by atoms with Crippen LogP contribution in [0.3, 0.4) is 0 Å². The van der Waals surface area contributed by atoms with Gasteiger partial charge in [-0.3, -0.25) is 0 Å². The van der Waals surface area contributed by atoms with E-state index in [1.807, 2.05) is 0 Å². The van der Waals surface area contributed by atoms with Crippen molar-refractivity contribution in [2.75, 3.05) is 0 Å². The first kappa shape index (κ1) is 10.2. The van der Waals surface area contributed by atoms with E-state index in [-0.39, 0.29) is 0 Å². The number of unbranched alkanes of at least 4 members (excludes halogenated alkanes) is 2. The third kappa shape index (κ3) is 5.00. The summed E-state index contributed by atoms with van der Waals surface area (Å²) >= 11 is 0. The zero-order valence-corrected chi connectivity index (χ0v) is 8.48. The van der Waals surface area contributed by atoms with E-state index < -0.39 is 8.32 Å². The minimum Gasteiger partial charge on any atom is -0.432 e. The molecule has 0 amide bonds. The maximum atomic E-state index is 9.69. The highest BCUT2D eigenvalue weighted by Gasteiger charge is 2.19. The molecule has 1 unspecified atom stereocenters. The zero-order chi connectivity index (χ0) is 8.04. The molecule has 2 heteroatoms. The summed E-state index contributed by atoms with van der Waals surface area (Å²) < 4.78 is 0. The lowest BCUT2D eigenvalue weighted by Gasteiger charge is -2.16. The highest BCUT2D eigenvalue weighted by atomic mass is 28.4.